The summed E-state index contributed by atoms with van der Waals surface area (Å²) in [5, 5.41) is 3.51. The van der Waals surface area contributed by atoms with Gasteiger partial charge in [0.05, 0.1) is 18.4 Å². The molecule has 138 valence electrons. The molecular weight excluding hydrogens is 367 g/mol. The van der Waals surface area contributed by atoms with Gasteiger partial charge in [-0.2, -0.15) is 0 Å². The number of nitrogens with one attached hydrogen (secondary N) is 1. The van der Waals surface area contributed by atoms with Crippen LogP contribution >= 0.6 is 11.3 Å². The topological polar surface area (TPSA) is 68.3 Å². The summed E-state index contributed by atoms with van der Waals surface area (Å²) in [4.78, 5) is 28.8. The van der Waals surface area contributed by atoms with Crippen LogP contribution in [0.1, 0.15) is 31.3 Å². The molecule has 0 unspecified atom stereocenters. The summed E-state index contributed by atoms with van der Waals surface area (Å²) < 4.78 is 17.7. The van der Waals surface area contributed by atoms with Crippen LogP contribution in [-0.2, 0) is 11.3 Å². The highest BCUT2D eigenvalue weighted by molar-refractivity contribution is 7.17. The van der Waals surface area contributed by atoms with Gasteiger partial charge in [0.2, 0.25) is 0 Å². The largest absolute Gasteiger partial charge is 0.465 e. The molecule has 0 radical (unpaired) electrons. The standard InChI is InChI=1S/C20H17FN2O3S/c1-12-17(27-19(23-12)14-7-9-16(21)10-8-14)18(24)22-11-13-3-5-15(6-4-13)20(25)26-2/h3-10H,11H2,1-2H3,(H,22,24). The number of benzene rings is 2. The van der Waals surface area contributed by atoms with Crippen molar-refractivity contribution < 1.29 is 18.7 Å². The lowest BCUT2D eigenvalue weighted by molar-refractivity contribution is 0.0600. The average Bonchev–Trinajstić information content (AvgIpc) is 3.08. The predicted octanol–water partition coefficient (Wildman–Crippen LogP) is 3.97. The van der Waals surface area contributed by atoms with E-state index in [1.54, 1.807) is 43.3 Å². The van der Waals surface area contributed by atoms with Crippen molar-refractivity contribution in [2.75, 3.05) is 7.11 Å². The van der Waals surface area contributed by atoms with Crippen LogP contribution in [0.3, 0.4) is 0 Å². The van der Waals surface area contributed by atoms with Crippen molar-refractivity contribution in [2.24, 2.45) is 0 Å². The van der Waals surface area contributed by atoms with Crippen LogP contribution in [0.5, 0.6) is 0 Å². The molecule has 0 bridgehead atoms. The van der Waals surface area contributed by atoms with Gasteiger partial charge in [0.1, 0.15) is 15.7 Å². The molecule has 3 aromatic rings. The third kappa shape index (κ3) is 4.38. The first-order chi connectivity index (χ1) is 13.0. The summed E-state index contributed by atoms with van der Waals surface area (Å²) in [7, 11) is 1.33. The molecule has 1 aromatic heterocycles. The zero-order chi connectivity index (χ0) is 19.4. The Kier molecular flexibility index (Phi) is 5.61. The first-order valence-corrected chi connectivity index (χ1v) is 8.98. The van der Waals surface area contributed by atoms with Crippen LogP contribution < -0.4 is 5.32 Å². The van der Waals surface area contributed by atoms with Gasteiger partial charge in [0.15, 0.2) is 0 Å². The lowest BCUT2D eigenvalue weighted by atomic mass is 10.1. The molecule has 2 aromatic carbocycles. The molecule has 0 aliphatic heterocycles. The molecule has 5 nitrogen and oxygen atoms in total. The molecule has 1 heterocycles. The Morgan fingerprint density at radius 3 is 2.41 bits per heavy atom. The fourth-order valence-corrected chi connectivity index (χ4v) is 3.45. The van der Waals surface area contributed by atoms with Gasteiger partial charge >= 0.3 is 5.97 Å². The number of methoxy groups -OCH3 is 1. The molecule has 0 atom stereocenters. The Balaban J connectivity index is 1.68. The van der Waals surface area contributed by atoms with Gasteiger partial charge in [-0.3, -0.25) is 4.79 Å². The second kappa shape index (κ2) is 8.09. The van der Waals surface area contributed by atoms with E-state index >= 15 is 0 Å². The minimum Gasteiger partial charge on any atom is -0.465 e. The van der Waals surface area contributed by atoms with Crippen LogP contribution in [0.15, 0.2) is 48.5 Å². The summed E-state index contributed by atoms with van der Waals surface area (Å²) in [6, 6.07) is 12.8. The maximum Gasteiger partial charge on any atom is 0.337 e. The third-order valence-corrected chi connectivity index (χ3v) is 5.13. The number of hydrogen-bond acceptors (Lipinski definition) is 5. The average molecular weight is 384 g/mol. The molecular formula is C20H17FN2O3S. The third-order valence-electron chi connectivity index (χ3n) is 3.92. The summed E-state index contributed by atoms with van der Waals surface area (Å²) in [6.45, 7) is 2.09. The molecule has 1 amide bonds. The van der Waals surface area contributed by atoms with Crippen molar-refractivity contribution in [2.45, 2.75) is 13.5 Å². The first-order valence-electron chi connectivity index (χ1n) is 8.16. The molecule has 0 spiro atoms. The number of hydrogen-bond donors (Lipinski definition) is 1. The Morgan fingerprint density at radius 2 is 1.78 bits per heavy atom. The SMILES string of the molecule is COC(=O)c1ccc(CNC(=O)c2sc(-c3ccc(F)cc3)nc2C)cc1. The molecule has 7 heteroatoms. The van der Waals surface area contributed by atoms with Gasteiger partial charge in [0, 0.05) is 12.1 Å². The second-order valence-electron chi connectivity index (χ2n) is 5.81. The zero-order valence-electron chi connectivity index (χ0n) is 14.8. The normalized spacial score (nSPS) is 10.5. The maximum absolute atomic E-state index is 13.1. The van der Waals surface area contributed by atoms with Crippen molar-refractivity contribution in [1.82, 2.24) is 10.3 Å². The summed E-state index contributed by atoms with van der Waals surface area (Å²) in [5.74, 6) is -0.946. The predicted molar refractivity (Wildman–Crippen MR) is 101 cm³/mol. The van der Waals surface area contributed by atoms with Gasteiger partial charge in [-0.25, -0.2) is 14.2 Å². The number of aryl methyl sites for hydroxylation is 1. The van der Waals surface area contributed by atoms with E-state index in [2.05, 4.69) is 15.0 Å². The van der Waals surface area contributed by atoms with Crippen LogP contribution in [0.2, 0.25) is 0 Å². The quantitative estimate of drug-likeness (QED) is 0.676. The molecule has 27 heavy (non-hydrogen) atoms. The molecule has 1 N–H and O–H groups in total. The van der Waals surface area contributed by atoms with Crippen LogP contribution in [-0.4, -0.2) is 24.0 Å². The number of aromatic nitrogens is 1. The lowest BCUT2D eigenvalue weighted by Gasteiger charge is -2.05. The van der Waals surface area contributed by atoms with Crippen molar-refractivity contribution in [3.05, 3.63) is 76.0 Å². The fourth-order valence-electron chi connectivity index (χ4n) is 2.46. The van der Waals surface area contributed by atoms with Crippen LogP contribution in [0.25, 0.3) is 10.6 Å². The molecule has 0 saturated carbocycles. The number of rotatable bonds is 5. The van der Waals surface area contributed by atoms with Gasteiger partial charge in [-0.15, -0.1) is 11.3 Å². The number of nitrogens with zero attached hydrogens (tertiary/aromatic N) is 1. The monoisotopic (exact) mass is 384 g/mol. The number of amides is 1. The van der Waals surface area contributed by atoms with Crippen molar-refractivity contribution >= 4 is 23.2 Å². The van der Waals surface area contributed by atoms with E-state index in [9.17, 15) is 14.0 Å². The Bertz CT molecular complexity index is 966. The first kappa shape index (κ1) is 18.7. The highest BCUT2D eigenvalue weighted by Crippen LogP contribution is 2.28. The molecule has 0 aliphatic carbocycles. The van der Waals surface area contributed by atoms with Crippen LogP contribution in [0, 0.1) is 12.7 Å². The van der Waals surface area contributed by atoms with E-state index in [0.717, 1.165) is 11.1 Å². The van der Waals surface area contributed by atoms with Gasteiger partial charge in [-0.05, 0) is 48.9 Å². The van der Waals surface area contributed by atoms with Crippen molar-refractivity contribution in [3.63, 3.8) is 0 Å². The number of ether oxygens (including phenoxy) is 1. The number of halogens is 1. The van der Waals surface area contributed by atoms with Gasteiger partial charge in [0.25, 0.3) is 5.91 Å². The summed E-state index contributed by atoms with van der Waals surface area (Å²) in [6.07, 6.45) is 0. The Labute approximate surface area is 159 Å². The minimum atomic E-state index is -0.404. The number of carbonyl (C=O) groups is 2. The van der Waals surface area contributed by atoms with Crippen molar-refractivity contribution in [1.29, 1.82) is 0 Å². The van der Waals surface area contributed by atoms with E-state index in [0.29, 0.717) is 27.7 Å². The summed E-state index contributed by atoms with van der Waals surface area (Å²) >= 11 is 1.26. The maximum atomic E-state index is 13.1. The molecule has 0 saturated heterocycles. The van der Waals surface area contributed by atoms with E-state index in [1.165, 1.54) is 30.6 Å². The van der Waals surface area contributed by atoms with E-state index in [-0.39, 0.29) is 11.7 Å². The highest BCUT2D eigenvalue weighted by atomic mass is 32.1. The number of thiazole rings is 1. The Hall–Kier alpha value is -3.06. The minimum absolute atomic E-state index is 0.226. The second-order valence-corrected chi connectivity index (χ2v) is 6.81. The molecule has 0 fully saturated rings. The van der Waals surface area contributed by atoms with Gasteiger partial charge in [-0.1, -0.05) is 12.1 Å². The number of esters is 1. The molecule has 3 rings (SSSR count). The number of carbonyl (C=O) groups excluding carboxylic acids is 2. The molecule has 0 aliphatic rings. The lowest BCUT2D eigenvalue weighted by Crippen LogP contribution is -2.22. The Morgan fingerprint density at radius 1 is 1.11 bits per heavy atom. The highest BCUT2D eigenvalue weighted by Gasteiger charge is 2.16. The van der Waals surface area contributed by atoms with E-state index in [4.69, 9.17) is 0 Å². The van der Waals surface area contributed by atoms with Gasteiger partial charge < -0.3 is 10.1 Å². The van der Waals surface area contributed by atoms with Crippen molar-refractivity contribution in [3.8, 4) is 10.6 Å². The van der Waals surface area contributed by atoms with Crippen LogP contribution in [0.4, 0.5) is 4.39 Å². The van der Waals surface area contributed by atoms with E-state index < -0.39 is 5.97 Å². The smallest absolute Gasteiger partial charge is 0.337 e. The fraction of sp³-hybridized carbons (Fsp3) is 0.150. The summed E-state index contributed by atoms with van der Waals surface area (Å²) in [5.41, 5.74) is 2.70. The zero-order valence-corrected chi connectivity index (χ0v) is 15.6. The van der Waals surface area contributed by atoms with E-state index in [1.807, 2.05) is 0 Å².